The summed E-state index contributed by atoms with van der Waals surface area (Å²) in [5.41, 5.74) is -6.66. The van der Waals surface area contributed by atoms with E-state index in [9.17, 15) is 49.1 Å². The van der Waals surface area contributed by atoms with Crippen molar-refractivity contribution in [2.24, 2.45) is 4.99 Å². The number of hydrogen-bond donors (Lipinski definition) is 2. The van der Waals surface area contributed by atoms with E-state index in [4.69, 9.17) is 0 Å². The van der Waals surface area contributed by atoms with Crippen molar-refractivity contribution in [2.75, 3.05) is 13.2 Å². The third-order valence-electron chi connectivity index (χ3n) is 6.07. The molecule has 2 unspecified atom stereocenters. The Kier molecular flexibility index (Phi) is 6.66. The maximum atomic E-state index is 14.3. The van der Waals surface area contributed by atoms with E-state index in [-0.39, 0.29) is 41.8 Å². The van der Waals surface area contributed by atoms with Gasteiger partial charge in [0.05, 0.1) is 17.7 Å². The molecular formula is C22H15F9N4O3. The zero-order valence-corrected chi connectivity index (χ0v) is 18.7. The first-order valence-electron chi connectivity index (χ1n) is 10.6. The number of alkyl halides is 9. The van der Waals surface area contributed by atoms with Crippen molar-refractivity contribution in [3.63, 3.8) is 0 Å². The number of amides is 2. The third-order valence-corrected chi connectivity index (χ3v) is 6.07. The van der Waals surface area contributed by atoms with Gasteiger partial charge in [-0.1, -0.05) is 0 Å². The molecule has 38 heavy (non-hydrogen) atoms. The van der Waals surface area contributed by atoms with Crippen LogP contribution in [0.2, 0.25) is 0 Å². The van der Waals surface area contributed by atoms with E-state index < -0.39 is 71.5 Å². The molecule has 1 aromatic heterocycles. The molecule has 1 fully saturated rings. The zero-order valence-electron chi connectivity index (χ0n) is 18.7. The molecule has 16 heteroatoms. The van der Waals surface area contributed by atoms with Gasteiger partial charge in [-0.15, -0.1) is 0 Å². The largest absolute Gasteiger partial charge is 0.416 e. The van der Waals surface area contributed by atoms with Gasteiger partial charge in [0.1, 0.15) is 23.8 Å². The van der Waals surface area contributed by atoms with E-state index >= 15 is 0 Å². The van der Waals surface area contributed by atoms with Gasteiger partial charge in [-0.3, -0.25) is 24.4 Å². The average Bonchev–Trinajstić information content (AvgIpc) is 3.45. The molecule has 204 valence electrons. The fourth-order valence-electron chi connectivity index (χ4n) is 3.98. The van der Waals surface area contributed by atoms with Crippen molar-refractivity contribution in [3.8, 4) is 0 Å². The molecule has 0 radical (unpaired) electrons. The van der Waals surface area contributed by atoms with Gasteiger partial charge in [0.2, 0.25) is 0 Å². The highest BCUT2D eigenvalue weighted by atomic mass is 19.4. The number of carbonyl (C=O) groups is 2. The molecule has 2 N–H and O–H groups in total. The van der Waals surface area contributed by atoms with E-state index in [2.05, 4.69) is 20.1 Å². The first-order valence-corrected chi connectivity index (χ1v) is 10.6. The number of hydroxylamine groups is 1. The van der Waals surface area contributed by atoms with E-state index in [0.29, 0.717) is 0 Å². The van der Waals surface area contributed by atoms with Crippen molar-refractivity contribution in [1.82, 2.24) is 15.8 Å². The summed E-state index contributed by atoms with van der Waals surface area (Å²) < 4.78 is 123. The predicted molar refractivity (Wildman–Crippen MR) is 110 cm³/mol. The van der Waals surface area contributed by atoms with Gasteiger partial charge in [-0.2, -0.15) is 39.5 Å². The number of benzene rings is 1. The molecule has 0 spiro atoms. The molecule has 2 aliphatic heterocycles. The van der Waals surface area contributed by atoms with Crippen LogP contribution in [0.15, 0.2) is 41.5 Å². The Morgan fingerprint density at radius 2 is 1.63 bits per heavy atom. The summed E-state index contributed by atoms with van der Waals surface area (Å²) in [4.78, 5) is 36.0. The van der Waals surface area contributed by atoms with Gasteiger partial charge < -0.3 is 5.32 Å². The lowest BCUT2D eigenvalue weighted by atomic mass is 9.75. The van der Waals surface area contributed by atoms with E-state index in [1.165, 1.54) is 6.07 Å². The van der Waals surface area contributed by atoms with Crippen LogP contribution in [0.5, 0.6) is 0 Å². The third kappa shape index (κ3) is 5.16. The number of hydrogen-bond acceptors (Lipinski definition) is 5. The van der Waals surface area contributed by atoms with Crippen LogP contribution in [0.1, 0.15) is 39.2 Å². The van der Waals surface area contributed by atoms with Crippen LogP contribution in [0.4, 0.5) is 39.5 Å². The quantitative estimate of drug-likeness (QED) is 0.560. The Balaban J connectivity index is 1.64. The molecule has 7 nitrogen and oxygen atoms in total. The molecule has 2 atom stereocenters. The second kappa shape index (κ2) is 9.25. The summed E-state index contributed by atoms with van der Waals surface area (Å²) in [6, 6.07) is 1.14. The monoisotopic (exact) mass is 554 g/mol. The van der Waals surface area contributed by atoms with Crippen LogP contribution in [-0.2, 0) is 27.4 Å². The summed E-state index contributed by atoms with van der Waals surface area (Å²) >= 11 is 0. The van der Waals surface area contributed by atoms with Crippen molar-refractivity contribution in [1.29, 1.82) is 0 Å². The lowest BCUT2D eigenvalue weighted by Crippen LogP contribution is -2.44. The average molecular weight is 554 g/mol. The standard InChI is InChI=1S/C22H15F9N4O3/c23-20(24,25)12-3-11(4-13(5-12)21(26,27)28)19(22(29,30)31)6-15(33-9-19)10-1-2-14(32-7-10)17(36)34-16-8-38-35-18(16)37/h1-5,7,16H,6,8-9H2,(H,34,36)(H,35,37). The number of pyridine rings is 1. The summed E-state index contributed by atoms with van der Waals surface area (Å²) in [6.07, 6.45) is -16.0. The number of rotatable bonds is 4. The lowest BCUT2D eigenvalue weighted by molar-refractivity contribution is -0.184. The topological polar surface area (TPSA) is 92.7 Å². The molecule has 2 aromatic rings. The highest BCUT2D eigenvalue weighted by molar-refractivity contribution is 6.03. The van der Waals surface area contributed by atoms with Gasteiger partial charge in [0.25, 0.3) is 11.8 Å². The fourth-order valence-corrected chi connectivity index (χ4v) is 3.98. The Hall–Kier alpha value is -3.69. The van der Waals surface area contributed by atoms with Gasteiger partial charge in [0.15, 0.2) is 0 Å². The van der Waals surface area contributed by atoms with Crippen LogP contribution in [0.25, 0.3) is 0 Å². The second-order valence-corrected chi connectivity index (χ2v) is 8.55. The molecule has 2 amide bonds. The highest BCUT2D eigenvalue weighted by Crippen LogP contribution is 2.50. The number of halogens is 9. The summed E-state index contributed by atoms with van der Waals surface area (Å²) in [7, 11) is 0. The fraction of sp³-hybridized carbons (Fsp3) is 0.364. The SMILES string of the molecule is O=C(NC1CONC1=O)c1ccc(C2=NCC(c3cc(C(F)(F)F)cc(C(F)(F)F)c3)(C(F)(F)F)C2)cn1. The first kappa shape index (κ1) is 27.3. The predicted octanol–water partition coefficient (Wildman–Crippen LogP) is 3.97. The molecular weight excluding hydrogens is 539 g/mol. The van der Waals surface area contributed by atoms with E-state index in [1.54, 1.807) is 0 Å². The second-order valence-electron chi connectivity index (χ2n) is 8.55. The molecule has 2 aliphatic rings. The molecule has 3 heterocycles. The number of nitrogens with zero attached hydrogens (tertiary/aromatic N) is 2. The summed E-state index contributed by atoms with van der Waals surface area (Å²) in [5, 5.41) is 2.32. The molecule has 0 saturated carbocycles. The molecule has 0 bridgehead atoms. The lowest BCUT2D eigenvalue weighted by Gasteiger charge is -2.32. The minimum Gasteiger partial charge on any atom is -0.337 e. The van der Waals surface area contributed by atoms with E-state index in [0.717, 1.165) is 12.3 Å². The van der Waals surface area contributed by atoms with Crippen molar-refractivity contribution in [2.45, 2.75) is 36.4 Å². The number of carbonyl (C=O) groups excluding carboxylic acids is 2. The number of aromatic nitrogens is 1. The summed E-state index contributed by atoms with van der Waals surface area (Å²) in [6.45, 7) is -1.31. The highest BCUT2D eigenvalue weighted by Gasteiger charge is 2.59. The smallest absolute Gasteiger partial charge is 0.337 e. The van der Waals surface area contributed by atoms with Gasteiger partial charge in [-0.25, -0.2) is 5.48 Å². The minimum atomic E-state index is -5.34. The molecule has 1 aromatic carbocycles. The Bertz CT molecular complexity index is 1250. The Morgan fingerprint density at radius 1 is 1.00 bits per heavy atom. The molecule has 0 aliphatic carbocycles. The first-order chi connectivity index (χ1) is 17.5. The van der Waals surface area contributed by atoms with E-state index in [1.807, 2.05) is 5.48 Å². The Morgan fingerprint density at radius 3 is 2.11 bits per heavy atom. The van der Waals surface area contributed by atoms with Crippen molar-refractivity contribution < 1.29 is 53.9 Å². The molecule has 4 rings (SSSR count). The zero-order chi connectivity index (χ0) is 28.1. The van der Waals surface area contributed by atoms with Crippen LogP contribution < -0.4 is 10.8 Å². The van der Waals surface area contributed by atoms with Gasteiger partial charge in [-0.05, 0) is 35.9 Å². The van der Waals surface area contributed by atoms with Crippen LogP contribution in [-0.4, -0.2) is 47.9 Å². The van der Waals surface area contributed by atoms with Crippen LogP contribution in [0.3, 0.4) is 0 Å². The number of nitrogens with one attached hydrogen (secondary N) is 2. The normalized spacial score (nSPS) is 22.3. The molecule has 1 saturated heterocycles. The van der Waals surface area contributed by atoms with Crippen molar-refractivity contribution in [3.05, 3.63) is 64.5 Å². The summed E-state index contributed by atoms with van der Waals surface area (Å²) in [5.74, 6) is -1.41. The van der Waals surface area contributed by atoms with Crippen molar-refractivity contribution >= 4 is 17.5 Å². The van der Waals surface area contributed by atoms with Gasteiger partial charge in [0, 0.05) is 23.9 Å². The van der Waals surface area contributed by atoms with Crippen LogP contribution in [0, 0.1) is 0 Å². The maximum absolute atomic E-state index is 14.3. The minimum absolute atomic E-state index is 0.0300. The van der Waals surface area contributed by atoms with Crippen LogP contribution >= 0.6 is 0 Å². The maximum Gasteiger partial charge on any atom is 0.416 e. The van der Waals surface area contributed by atoms with Gasteiger partial charge >= 0.3 is 18.5 Å². The number of aliphatic imine (C=N–C) groups is 1. The Labute approximate surface area is 207 Å².